The number of hydrogen-bond acceptors (Lipinski definition) is 2. The Balaban J connectivity index is 0.863. The maximum absolute atomic E-state index is 2.53. The van der Waals surface area contributed by atoms with E-state index in [1.54, 1.807) is 0 Å². The van der Waals surface area contributed by atoms with Gasteiger partial charge in [-0.05, 0) is 182 Å². The van der Waals surface area contributed by atoms with Gasteiger partial charge in [0.15, 0.2) is 0 Å². The van der Waals surface area contributed by atoms with Gasteiger partial charge in [0.1, 0.15) is 0 Å². The Morgan fingerprint density at radius 2 is 0.439 bits per heavy atom. The zero-order chi connectivity index (χ0) is 54.6. The maximum atomic E-state index is 2.53. The highest BCUT2D eigenvalue weighted by atomic mass is 15.2. The molecule has 0 radical (unpaired) electrons. The van der Waals surface area contributed by atoms with Gasteiger partial charge in [-0.15, -0.1) is 0 Å². The zero-order valence-corrected chi connectivity index (χ0v) is 46.3. The molecular weight excluding hydrogens is 989 g/mol. The van der Waals surface area contributed by atoms with Gasteiger partial charge in [-0.1, -0.05) is 222 Å². The average Bonchev–Trinajstić information content (AvgIpc) is 3.75. The van der Waals surface area contributed by atoms with Crippen molar-refractivity contribution in [3.8, 4) is 22.3 Å². The summed E-state index contributed by atoms with van der Waals surface area (Å²) >= 11 is 0. The molecule has 82 heavy (non-hydrogen) atoms. The third kappa shape index (κ3) is 6.52. The molecule has 0 unspecified atom stereocenters. The molecular formula is C80H56N2. The predicted octanol–water partition coefficient (Wildman–Crippen LogP) is 22.5. The van der Waals surface area contributed by atoms with Gasteiger partial charge in [0.2, 0.25) is 0 Å². The van der Waals surface area contributed by atoms with Crippen LogP contribution in [0.25, 0.3) is 108 Å². The molecule has 0 atom stereocenters. The number of anilines is 6. The van der Waals surface area contributed by atoms with Crippen LogP contribution in [0, 0.1) is 0 Å². The van der Waals surface area contributed by atoms with E-state index in [-0.39, 0.29) is 10.8 Å². The summed E-state index contributed by atoms with van der Waals surface area (Å²) in [4.78, 5) is 5.06. The summed E-state index contributed by atoms with van der Waals surface area (Å²) in [7, 11) is 0. The molecule has 386 valence electrons. The van der Waals surface area contributed by atoms with E-state index >= 15 is 0 Å². The Kier molecular flexibility index (Phi) is 9.85. The zero-order valence-electron chi connectivity index (χ0n) is 46.3. The lowest BCUT2D eigenvalue weighted by Gasteiger charge is -2.34. The van der Waals surface area contributed by atoms with Crippen molar-refractivity contribution in [2.24, 2.45) is 0 Å². The molecule has 15 aromatic rings. The first-order chi connectivity index (χ1) is 40.2. The highest BCUT2D eigenvalue weighted by Crippen LogP contribution is 2.57. The largest absolute Gasteiger partial charge is 0.309 e. The van der Waals surface area contributed by atoms with E-state index in [4.69, 9.17) is 0 Å². The summed E-state index contributed by atoms with van der Waals surface area (Å²) in [5.74, 6) is 0. The van der Waals surface area contributed by atoms with Gasteiger partial charge in [0.05, 0.1) is 11.4 Å². The van der Waals surface area contributed by atoms with Gasteiger partial charge >= 0.3 is 0 Å². The number of rotatable bonds is 6. The maximum Gasteiger partial charge on any atom is 0.0619 e. The second-order valence-corrected chi connectivity index (χ2v) is 23.9. The van der Waals surface area contributed by atoms with Gasteiger partial charge in [-0.25, -0.2) is 0 Å². The summed E-state index contributed by atoms with van der Waals surface area (Å²) < 4.78 is 0. The van der Waals surface area contributed by atoms with Crippen LogP contribution >= 0.6 is 0 Å². The molecule has 0 aromatic heterocycles. The number of para-hydroxylation sites is 2. The van der Waals surface area contributed by atoms with E-state index in [2.05, 4.69) is 304 Å². The first-order valence-electron chi connectivity index (χ1n) is 28.9. The van der Waals surface area contributed by atoms with Crippen molar-refractivity contribution < 1.29 is 0 Å². The van der Waals surface area contributed by atoms with Crippen LogP contribution in [0.4, 0.5) is 34.1 Å². The van der Waals surface area contributed by atoms with E-state index in [0.717, 1.165) is 34.1 Å². The van der Waals surface area contributed by atoms with Crippen molar-refractivity contribution >= 4 is 120 Å². The smallest absolute Gasteiger partial charge is 0.0619 e. The standard InChI is InChI=1S/C80H56N2/c1-79(2)73-43-51(39-41-61(73)71-45-67-57-31-15-11-27-53(57)55-29-13-17-33-59(55)69(67)47-75(71)79)81(49-23-7-5-8-24-49)77-63-35-19-21-37-65(63)78(66-38-22-20-36-64(66)77)82(50-25-9-6-10-26-50)52-40-42-62-72-46-68-58-32-16-12-28-54(58)56-30-14-18-34-60(56)70(68)48-76(72)80(3,4)74(62)44-52/h5-48H,1-4H3. The van der Waals surface area contributed by atoms with Gasteiger partial charge in [0.25, 0.3) is 0 Å². The molecule has 2 nitrogen and oxygen atoms in total. The van der Waals surface area contributed by atoms with Gasteiger partial charge in [0, 0.05) is 55.1 Å². The molecule has 0 saturated carbocycles. The number of fused-ring (bicyclic) bond motifs is 20. The summed E-state index contributed by atoms with van der Waals surface area (Å²) in [5.41, 5.74) is 16.9. The lowest BCUT2D eigenvalue weighted by Crippen LogP contribution is -2.18. The molecule has 0 aliphatic heterocycles. The molecule has 0 bridgehead atoms. The summed E-state index contributed by atoms with van der Waals surface area (Å²) in [6.45, 7) is 9.69. The van der Waals surface area contributed by atoms with Crippen LogP contribution in [0.15, 0.2) is 267 Å². The lowest BCUT2D eigenvalue weighted by atomic mass is 9.81. The van der Waals surface area contributed by atoms with Crippen LogP contribution in [-0.4, -0.2) is 0 Å². The number of nitrogens with zero attached hydrogens (tertiary/aromatic N) is 2. The molecule has 0 N–H and O–H groups in total. The van der Waals surface area contributed by atoms with Gasteiger partial charge in [-0.3, -0.25) is 0 Å². The quantitative estimate of drug-likeness (QED) is 0.0930. The minimum atomic E-state index is -0.268. The fourth-order valence-electron chi connectivity index (χ4n) is 15.1. The molecule has 0 heterocycles. The molecule has 0 spiro atoms. The second-order valence-electron chi connectivity index (χ2n) is 23.9. The van der Waals surface area contributed by atoms with E-state index in [1.165, 1.54) is 131 Å². The average molecular weight is 1050 g/mol. The van der Waals surface area contributed by atoms with Crippen molar-refractivity contribution in [2.75, 3.05) is 9.80 Å². The second kappa shape index (κ2) is 17.2. The SMILES string of the molecule is CC1(C)c2cc(N(c3ccccc3)c3c4ccccc4c(N(c4ccccc4)c4ccc5c(c4)C(C)(C)c4cc6c7ccccc7c7ccccc7c6cc4-5)c4ccccc34)ccc2-c2cc3c4ccccc4c4ccccc4c3cc21. The molecule has 0 saturated heterocycles. The third-order valence-corrected chi connectivity index (χ3v) is 18.9. The summed E-state index contributed by atoms with van der Waals surface area (Å²) in [5, 5.41) is 20.3. The Bertz CT molecular complexity index is 4840. The summed E-state index contributed by atoms with van der Waals surface area (Å²) in [6, 6.07) is 101. The first kappa shape index (κ1) is 46.9. The highest BCUT2D eigenvalue weighted by molar-refractivity contribution is 6.28. The van der Waals surface area contributed by atoms with Crippen LogP contribution in [0.1, 0.15) is 49.9 Å². The van der Waals surface area contributed by atoms with Crippen molar-refractivity contribution in [3.63, 3.8) is 0 Å². The first-order valence-corrected chi connectivity index (χ1v) is 28.9. The van der Waals surface area contributed by atoms with Gasteiger partial charge in [-0.2, -0.15) is 0 Å². The van der Waals surface area contributed by atoms with Crippen LogP contribution in [0.2, 0.25) is 0 Å². The van der Waals surface area contributed by atoms with Crippen molar-refractivity contribution in [1.29, 1.82) is 0 Å². The van der Waals surface area contributed by atoms with Crippen molar-refractivity contribution in [1.82, 2.24) is 0 Å². The number of benzene rings is 15. The van der Waals surface area contributed by atoms with Crippen LogP contribution in [-0.2, 0) is 10.8 Å². The molecule has 0 fully saturated rings. The third-order valence-electron chi connectivity index (χ3n) is 18.9. The fourth-order valence-corrected chi connectivity index (χ4v) is 15.1. The van der Waals surface area contributed by atoms with Crippen molar-refractivity contribution in [2.45, 2.75) is 38.5 Å². The normalized spacial score (nSPS) is 13.8. The Morgan fingerprint density at radius 3 is 0.744 bits per heavy atom. The molecule has 2 heteroatoms. The van der Waals surface area contributed by atoms with E-state index in [0.29, 0.717) is 0 Å². The molecule has 2 aliphatic rings. The monoisotopic (exact) mass is 1040 g/mol. The fraction of sp³-hybridized carbons (Fsp3) is 0.0750. The highest BCUT2D eigenvalue weighted by Gasteiger charge is 2.39. The topological polar surface area (TPSA) is 6.48 Å². The molecule has 17 rings (SSSR count). The molecule has 2 aliphatic carbocycles. The Morgan fingerprint density at radius 1 is 0.195 bits per heavy atom. The van der Waals surface area contributed by atoms with Crippen LogP contribution < -0.4 is 9.80 Å². The number of hydrogen-bond donors (Lipinski definition) is 0. The van der Waals surface area contributed by atoms with Crippen molar-refractivity contribution in [3.05, 3.63) is 289 Å². The van der Waals surface area contributed by atoms with E-state index < -0.39 is 0 Å². The molecule has 0 amide bonds. The van der Waals surface area contributed by atoms with Gasteiger partial charge < -0.3 is 9.80 Å². The van der Waals surface area contributed by atoms with E-state index in [9.17, 15) is 0 Å². The minimum Gasteiger partial charge on any atom is -0.309 e. The predicted molar refractivity (Wildman–Crippen MR) is 351 cm³/mol. The van der Waals surface area contributed by atoms with Crippen LogP contribution in [0.5, 0.6) is 0 Å². The molecule has 15 aromatic carbocycles. The van der Waals surface area contributed by atoms with E-state index in [1.807, 2.05) is 0 Å². The summed E-state index contributed by atoms with van der Waals surface area (Å²) in [6.07, 6.45) is 0. The Labute approximate surface area is 477 Å². The lowest BCUT2D eigenvalue weighted by molar-refractivity contribution is 0.661. The minimum absolute atomic E-state index is 0.268. The van der Waals surface area contributed by atoms with Crippen LogP contribution in [0.3, 0.4) is 0 Å². The Hall–Kier alpha value is -10.0.